The Bertz CT molecular complexity index is 453. The molecule has 0 N–H and O–H groups in total. The molecule has 0 bridgehead atoms. The Morgan fingerprint density at radius 3 is 2.93 bits per heavy atom. The standard InChI is InChI=1S/C9H7F2NS2/c1-5-12-7-3-2-6(14-9(10)11)4-8(7)13-5/h2-4,9H,1H3. The van der Waals surface area contributed by atoms with Gasteiger partial charge in [-0.05, 0) is 25.1 Å². The van der Waals surface area contributed by atoms with Crippen molar-refractivity contribution in [1.29, 1.82) is 0 Å². The fraction of sp³-hybridized carbons (Fsp3) is 0.222. The highest BCUT2D eigenvalue weighted by Crippen LogP contribution is 2.30. The number of thioether (sulfide) groups is 1. The second kappa shape index (κ2) is 3.82. The number of thiazole rings is 1. The van der Waals surface area contributed by atoms with Crippen molar-refractivity contribution in [3.63, 3.8) is 0 Å². The van der Waals surface area contributed by atoms with Crippen molar-refractivity contribution in [1.82, 2.24) is 4.98 Å². The summed E-state index contributed by atoms with van der Waals surface area (Å²) in [6.07, 6.45) is 0. The Hall–Kier alpha value is -0.680. The molecule has 0 unspecified atom stereocenters. The Balaban J connectivity index is 2.40. The van der Waals surface area contributed by atoms with E-state index < -0.39 is 5.76 Å². The summed E-state index contributed by atoms with van der Waals surface area (Å²) in [5.41, 5.74) is 0.881. The number of aryl methyl sites for hydroxylation is 1. The summed E-state index contributed by atoms with van der Waals surface area (Å²) in [5.74, 6) is -2.36. The molecule has 0 aliphatic heterocycles. The van der Waals surface area contributed by atoms with Crippen LogP contribution in [0.1, 0.15) is 5.01 Å². The number of alkyl halides is 2. The van der Waals surface area contributed by atoms with Crippen molar-refractivity contribution in [3.8, 4) is 0 Å². The summed E-state index contributed by atoms with van der Waals surface area (Å²) in [5, 5.41) is 0.958. The SMILES string of the molecule is Cc1nc2ccc(SC(F)F)cc2s1. The highest BCUT2D eigenvalue weighted by atomic mass is 32.2. The Morgan fingerprint density at radius 2 is 2.21 bits per heavy atom. The largest absolute Gasteiger partial charge is 0.288 e. The van der Waals surface area contributed by atoms with Gasteiger partial charge in [0.2, 0.25) is 0 Å². The molecule has 2 rings (SSSR count). The van der Waals surface area contributed by atoms with Crippen molar-refractivity contribution in [2.75, 3.05) is 0 Å². The molecular formula is C9H7F2NS2. The molecule has 1 aromatic heterocycles. The molecule has 1 aromatic carbocycles. The molecule has 0 spiro atoms. The number of hydrogen-bond donors (Lipinski definition) is 0. The monoisotopic (exact) mass is 231 g/mol. The maximum Gasteiger partial charge on any atom is 0.288 e. The first-order valence-corrected chi connectivity index (χ1v) is 5.67. The minimum absolute atomic E-state index is 0.568. The second-order valence-electron chi connectivity index (χ2n) is 2.74. The van der Waals surface area contributed by atoms with Crippen molar-refractivity contribution in [2.45, 2.75) is 17.6 Å². The number of benzene rings is 1. The Morgan fingerprint density at radius 1 is 1.43 bits per heavy atom. The van der Waals surface area contributed by atoms with Gasteiger partial charge >= 0.3 is 0 Å². The van der Waals surface area contributed by atoms with Crippen LogP contribution in [0.2, 0.25) is 0 Å². The van der Waals surface area contributed by atoms with E-state index in [0.29, 0.717) is 16.7 Å². The number of halogens is 2. The van der Waals surface area contributed by atoms with Gasteiger partial charge in [0.05, 0.1) is 15.2 Å². The predicted octanol–water partition coefficient (Wildman–Crippen LogP) is 3.92. The molecule has 0 fully saturated rings. The highest BCUT2D eigenvalue weighted by Gasteiger charge is 2.07. The van der Waals surface area contributed by atoms with E-state index in [1.165, 1.54) is 11.3 Å². The van der Waals surface area contributed by atoms with Gasteiger partial charge in [-0.1, -0.05) is 11.8 Å². The molecule has 0 saturated heterocycles. The van der Waals surface area contributed by atoms with Gasteiger partial charge < -0.3 is 0 Å². The average molecular weight is 231 g/mol. The number of aromatic nitrogens is 1. The zero-order valence-corrected chi connectivity index (χ0v) is 8.96. The van der Waals surface area contributed by atoms with Gasteiger partial charge in [-0.3, -0.25) is 0 Å². The molecule has 74 valence electrons. The quantitative estimate of drug-likeness (QED) is 0.726. The highest BCUT2D eigenvalue weighted by molar-refractivity contribution is 7.99. The van der Waals surface area contributed by atoms with Crippen LogP contribution in [0.15, 0.2) is 23.1 Å². The van der Waals surface area contributed by atoms with Crippen LogP contribution in [0.5, 0.6) is 0 Å². The van der Waals surface area contributed by atoms with Gasteiger partial charge in [0.15, 0.2) is 0 Å². The predicted molar refractivity (Wildman–Crippen MR) is 56.2 cm³/mol. The summed E-state index contributed by atoms with van der Waals surface area (Å²) in [7, 11) is 0. The van der Waals surface area contributed by atoms with Gasteiger partial charge in [-0.2, -0.15) is 8.78 Å². The van der Waals surface area contributed by atoms with Gasteiger partial charge in [0.1, 0.15) is 0 Å². The maximum absolute atomic E-state index is 12.1. The van der Waals surface area contributed by atoms with E-state index >= 15 is 0 Å². The first-order chi connectivity index (χ1) is 6.65. The summed E-state index contributed by atoms with van der Waals surface area (Å²) >= 11 is 2.09. The first kappa shape index (κ1) is 9.86. The fourth-order valence-electron chi connectivity index (χ4n) is 1.20. The zero-order chi connectivity index (χ0) is 10.1. The van der Waals surface area contributed by atoms with Crippen LogP contribution in [0.25, 0.3) is 10.2 Å². The van der Waals surface area contributed by atoms with E-state index in [4.69, 9.17) is 0 Å². The number of hydrogen-bond acceptors (Lipinski definition) is 3. The third-order valence-electron chi connectivity index (χ3n) is 1.69. The molecule has 0 amide bonds. The van der Waals surface area contributed by atoms with E-state index in [1.54, 1.807) is 18.2 Å². The molecule has 2 aromatic rings. The van der Waals surface area contributed by atoms with Crippen LogP contribution in [0.4, 0.5) is 8.78 Å². The molecule has 0 radical (unpaired) electrons. The number of nitrogens with zero attached hydrogens (tertiary/aromatic N) is 1. The van der Waals surface area contributed by atoms with Crippen molar-refractivity contribution in [3.05, 3.63) is 23.2 Å². The lowest BCUT2D eigenvalue weighted by molar-refractivity contribution is 0.252. The van der Waals surface area contributed by atoms with Crippen LogP contribution in [0.3, 0.4) is 0 Å². The van der Waals surface area contributed by atoms with Crippen molar-refractivity contribution in [2.24, 2.45) is 0 Å². The minimum atomic E-state index is -2.36. The van der Waals surface area contributed by atoms with Crippen LogP contribution in [0, 0.1) is 6.92 Å². The number of rotatable bonds is 2. The molecule has 0 saturated carbocycles. The van der Waals surface area contributed by atoms with E-state index in [9.17, 15) is 8.78 Å². The van der Waals surface area contributed by atoms with Crippen molar-refractivity contribution < 1.29 is 8.78 Å². The Labute approximate surface area is 88.2 Å². The van der Waals surface area contributed by atoms with E-state index in [0.717, 1.165) is 15.2 Å². The lowest BCUT2D eigenvalue weighted by Gasteiger charge is -1.98. The average Bonchev–Trinajstić information content (AvgIpc) is 2.42. The summed E-state index contributed by atoms with van der Waals surface area (Å²) < 4.78 is 25.1. The minimum Gasteiger partial charge on any atom is -0.242 e. The van der Waals surface area contributed by atoms with Crippen molar-refractivity contribution >= 4 is 33.3 Å². The number of fused-ring (bicyclic) bond motifs is 1. The normalized spacial score (nSPS) is 11.4. The molecule has 5 heteroatoms. The van der Waals surface area contributed by atoms with E-state index in [2.05, 4.69) is 4.98 Å². The van der Waals surface area contributed by atoms with Crippen LogP contribution in [-0.2, 0) is 0 Å². The van der Waals surface area contributed by atoms with Gasteiger partial charge in [0, 0.05) is 4.90 Å². The van der Waals surface area contributed by atoms with Crippen LogP contribution >= 0.6 is 23.1 Å². The second-order valence-corrected chi connectivity index (χ2v) is 5.04. The molecule has 0 atom stereocenters. The Kier molecular flexibility index (Phi) is 2.69. The third kappa shape index (κ3) is 2.04. The molecule has 0 aliphatic carbocycles. The molecule has 0 aliphatic rings. The first-order valence-electron chi connectivity index (χ1n) is 3.97. The third-order valence-corrected chi connectivity index (χ3v) is 3.33. The van der Waals surface area contributed by atoms with Crippen LogP contribution < -0.4 is 0 Å². The summed E-state index contributed by atoms with van der Waals surface area (Å²) in [6.45, 7) is 1.91. The topological polar surface area (TPSA) is 12.9 Å². The van der Waals surface area contributed by atoms with Crippen LogP contribution in [-0.4, -0.2) is 10.7 Å². The molecular weight excluding hydrogens is 224 g/mol. The van der Waals surface area contributed by atoms with Gasteiger partial charge in [-0.25, -0.2) is 4.98 Å². The van der Waals surface area contributed by atoms with E-state index in [1.807, 2.05) is 6.92 Å². The fourth-order valence-corrected chi connectivity index (χ4v) is 2.68. The van der Waals surface area contributed by atoms with Gasteiger partial charge in [0.25, 0.3) is 5.76 Å². The molecule has 14 heavy (non-hydrogen) atoms. The van der Waals surface area contributed by atoms with Gasteiger partial charge in [-0.15, -0.1) is 11.3 Å². The molecule has 1 nitrogen and oxygen atoms in total. The summed E-state index contributed by atoms with van der Waals surface area (Å²) in [6, 6.07) is 5.22. The zero-order valence-electron chi connectivity index (χ0n) is 7.33. The maximum atomic E-state index is 12.1. The summed E-state index contributed by atoms with van der Waals surface area (Å²) in [4.78, 5) is 4.85. The van der Waals surface area contributed by atoms with E-state index in [-0.39, 0.29) is 0 Å². The lowest BCUT2D eigenvalue weighted by Crippen LogP contribution is -1.80. The lowest BCUT2D eigenvalue weighted by atomic mass is 10.3. The smallest absolute Gasteiger partial charge is 0.242 e. The molecule has 1 heterocycles.